The average Bonchev–Trinajstić information content (AvgIpc) is 2.99. The standard InChI is InChI=1S/C14H11ClN2O6S/c1-22-10-6-8(17(20)21)2-3-9(10)16-13(18)7-23-14(19)11-4-5-12(15)24-11/h2-6H,7H2,1H3,(H,16,18). The van der Waals surface area contributed by atoms with Gasteiger partial charge in [-0.15, -0.1) is 11.3 Å². The van der Waals surface area contributed by atoms with E-state index in [9.17, 15) is 19.7 Å². The summed E-state index contributed by atoms with van der Waals surface area (Å²) < 4.78 is 10.3. The lowest BCUT2D eigenvalue weighted by atomic mass is 10.2. The molecule has 0 aliphatic carbocycles. The maximum Gasteiger partial charge on any atom is 0.348 e. The molecule has 8 nitrogen and oxygen atoms in total. The predicted octanol–water partition coefficient (Wildman–Crippen LogP) is 3.11. The van der Waals surface area contributed by atoms with Crippen molar-refractivity contribution >= 4 is 46.2 Å². The van der Waals surface area contributed by atoms with Crippen molar-refractivity contribution in [3.05, 3.63) is 49.7 Å². The maximum atomic E-state index is 11.8. The number of carbonyl (C=O) groups is 2. The highest BCUT2D eigenvalue weighted by atomic mass is 35.5. The lowest BCUT2D eigenvalue weighted by molar-refractivity contribution is -0.384. The second-order valence-corrected chi connectivity index (χ2v) is 6.08. The molecule has 0 saturated carbocycles. The molecule has 0 aliphatic heterocycles. The molecule has 1 amide bonds. The third-order valence-electron chi connectivity index (χ3n) is 2.78. The highest BCUT2D eigenvalue weighted by Crippen LogP contribution is 2.29. The van der Waals surface area contributed by atoms with Crippen LogP contribution in [-0.4, -0.2) is 30.5 Å². The first-order valence-electron chi connectivity index (χ1n) is 6.45. The van der Waals surface area contributed by atoms with E-state index in [0.29, 0.717) is 4.34 Å². The second kappa shape index (κ2) is 7.75. The SMILES string of the molecule is COc1cc([N+](=O)[O-])ccc1NC(=O)COC(=O)c1ccc(Cl)s1. The quantitative estimate of drug-likeness (QED) is 0.475. The van der Waals surface area contributed by atoms with E-state index in [4.69, 9.17) is 21.1 Å². The van der Waals surface area contributed by atoms with E-state index in [1.807, 2.05) is 0 Å². The van der Waals surface area contributed by atoms with Gasteiger partial charge >= 0.3 is 5.97 Å². The average molecular weight is 371 g/mol. The molecule has 0 bridgehead atoms. The zero-order chi connectivity index (χ0) is 17.7. The molecule has 126 valence electrons. The first-order chi connectivity index (χ1) is 11.4. The van der Waals surface area contributed by atoms with Crippen LogP contribution < -0.4 is 10.1 Å². The van der Waals surface area contributed by atoms with Crippen LogP contribution >= 0.6 is 22.9 Å². The molecule has 0 saturated heterocycles. The monoisotopic (exact) mass is 370 g/mol. The smallest absolute Gasteiger partial charge is 0.348 e. The van der Waals surface area contributed by atoms with Crippen molar-refractivity contribution < 1.29 is 24.0 Å². The van der Waals surface area contributed by atoms with E-state index in [1.54, 1.807) is 6.07 Å². The van der Waals surface area contributed by atoms with Crippen molar-refractivity contribution in [2.24, 2.45) is 0 Å². The zero-order valence-electron chi connectivity index (χ0n) is 12.3. The van der Waals surface area contributed by atoms with Gasteiger partial charge in [-0.2, -0.15) is 0 Å². The summed E-state index contributed by atoms with van der Waals surface area (Å²) in [5, 5.41) is 13.2. The molecular weight excluding hydrogens is 360 g/mol. The summed E-state index contributed by atoms with van der Waals surface area (Å²) in [5.74, 6) is -1.16. The van der Waals surface area contributed by atoms with Crippen molar-refractivity contribution in [1.82, 2.24) is 0 Å². The van der Waals surface area contributed by atoms with E-state index in [2.05, 4.69) is 5.32 Å². The Morgan fingerprint density at radius 1 is 1.33 bits per heavy atom. The van der Waals surface area contributed by atoms with Gasteiger partial charge in [0.05, 0.1) is 28.1 Å². The van der Waals surface area contributed by atoms with Crippen LogP contribution in [0.15, 0.2) is 30.3 Å². The van der Waals surface area contributed by atoms with Gasteiger partial charge in [0.25, 0.3) is 11.6 Å². The number of nitro benzene ring substituents is 1. The zero-order valence-corrected chi connectivity index (χ0v) is 13.8. The first-order valence-corrected chi connectivity index (χ1v) is 7.65. The second-order valence-electron chi connectivity index (χ2n) is 4.37. The Labute approximate surface area is 145 Å². The third-order valence-corrected chi connectivity index (χ3v) is 3.99. The van der Waals surface area contributed by atoms with E-state index in [1.165, 1.54) is 31.4 Å². The minimum absolute atomic E-state index is 0.119. The van der Waals surface area contributed by atoms with Gasteiger partial charge in [0.15, 0.2) is 6.61 Å². The maximum absolute atomic E-state index is 11.8. The molecule has 10 heteroatoms. The Bertz CT molecular complexity index is 791. The van der Waals surface area contributed by atoms with Crippen LogP contribution in [0.4, 0.5) is 11.4 Å². The highest BCUT2D eigenvalue weighted by Gasteiger charge is 2.16. The topological polar surface area (TPSA) is 108 Å². The van der Waals surface area contributed by atoms with Gasteiger partial charge in [0, 0.05) is 6.07 Å². The Hall–Kier alpha value is -2.65. The molecule has 1 N–H and O–H groups in total. The fraction of sp³-hybridized carbons (Fsp3) is 0.143. The van der Waals surface area contributed by atoms with E-state index in [0.717, 1.165) is 11.3 Å². The van der Waals surface area contributed by atoms with Crippen LogP contribution in [-0.2, 0) is 9.53 Å². The molecule has 0 spiro atoms. The number of ether oxygens (including phenoxy) is 2. The van der Waals surface area contributed by atoms with Gasteiger partial charge in [-0.05, 0) is 18.2 Å². The summed E-state index contributed by atoms with van der Waals surface area (Å²) >= 11 is 6.75. The summed E-state index contributed by atoms with van der Waals surface area (Å²) in [6, 6.07) is 6.76. The van der Waals surface area contributed by atoms with E-state index >= 15 is 0 Å². The lowest BCUT2D eigenvalue weighted by Gasteiger charge is -2.10. The number of amides is 1. The molecule has 0 aliphatic rings. The predicted molar refractivity (Wildman–Crippen MR) is 87.9 cm³/mol. The number of esters is 1. The lowest BCUT2D eigenvalue weighted by Crippen LogP contribution is -2.21. The first kappa shape index (κ1) is 17.7. The Kier molecular flexibility index (Phi) is 5.72. The molecule has 1 heterocycles. The summed E-state index contributed by atoms with van der Waals surface area (Å²) in [5.41, 5.74) is 0.0502. The Morgan fingerprint density at radius 2 is 2.08 bits per heavy atom. The summed E-state index contributed by atoms with van der Waals surface area (Å²) in [4.78, 5) is 34.0. The van der Waals surface area contributed by atoms with Gasteiger partial charge in [0.2, 0.25) is 0 Å². The molecule has 0 fully saturated rings. The number of anilines is 1. The van der Waals surface area contributed by atoms with Crippen LogP contribution in [0.5, 0.6) is 5.75 Å². The van der Waals surface area contributed by atoms with Crippen molar-refractivity contribution in [3.63, 3.8) is 0 Å². The highest BCUT2D eigenvalue weighted by molar-refractivity contribution is 7.17. The minimum atomic E-state index is -0.669. The Morgan fingerprint density at radius 3 is 2.67 bits per heavy atom. The number of carbonyl (C=O) groups excluding carboxylic acids is 2. The molecule has 0 atom stereocenters. The third kappa shape index (κ3) is 4.43. The number of rotatable bonds is 6. The molecule has 24 heavy (non-hydrogen) atoms. The molecule has 0 unspecified atom stereocenters. The number of thiophene rings is 1. The van der Waals surface area contributed by atoms with E-state index < -0.39 is 23.4 Å². The number of nitro groups is 1. The fourth-order valence-electron chi connectivity index (χ4n) is 1.71. The number of hydrogen-bond acceptors (Lipinski definition) is 7. The van der Waals surface area contributed by atoms with Crippen LogP contribution in [0, 0.1) is 10.1 Å². The number of methoxy groups -OCH3 is 1. The minimum Gasteiger partial charge on any atom is -0.494 e. The molecule has 2 aromatic rings. The van der Waals surface area contributed by atoms with E-state index in [-0.39, 0.29) is 22.0 Å². The summed E-state index contributed by atoms with van der Waals surface area (Å²) in [7, 11) is 1.31. The summed E-state index contributed by atoms with van der Waals surface area (Å²) in [6.45, 7) is -0.519. The Balaban J connectivity index is 1.97. The molecular formula is C14H11ClN2O6S. The van der Waals surface area contributed by atoms with Gasteiger partial charge in [-0.3, -0.25) is 14.9 Å². The number of halogens is 1. The van der Waals surface area contributed by atoms with Crippen LogP contribution in [0.25, 0.3) is 0 Å². The normalized spacial score (nSPS) is 10.1. The van der Waals surface area contributed by atoms with Crippen molar-refractivity contribution in [3.8, 4) is 5.75 Å². The molecule has 0 radical (unpaired) electrons. The van der Waals surface area contributed by atoms with Crippen LogP contribution in [0.2, 0.25) is 4.34 Å². The number of benzene rings is 1. The van der Waals surface area contributed by atoms with Crippen molar-refractivity contribution in [2.45, 2.75) is 0 Å². The largest absolute Gasteiger partial charge is 0.494 e. The number of hydrogen-bond donors (Lipinski definition) is 1. The van der Waals surface area contributed by atoms with Gasteiger partial charge in [0.1, 0.15) is 10.6 Å². The van der Waals surface area contributed by atoms with Crippen LogP contribution in [0.1, 0.15) is 9.67 Å². The molecule has 2 rings (SSSR count). The van der Waals surface area contributed by atoms with Crippen molar-refractivity contribution in [2.75, 3.05) is 19.0 Å². The van der Waals surface area contributed by atoms with Gasteiger partial charge < -0.3 is 14.8 Å². The van der Waals surface area contributed by atoms with Gasteiger partial charge in [-0.25, -0.2) is 4.79 Å². The van der Waals surface area contributed by atoms with Crippen LogP contribution in [0.3, 0.4) is 0 Å². The number of nitrogens with zero attached hydrogens (tertiary/aromatic N) is 1. The molecule has 1 aromatic heterocycles. The summed E-state index contributed by atoms with van der Waals surface area (Å²) in [6.07, 6.45) is 0. The fourth-order valence-corrected chi connectivity index (χ4v) is 2.65. The van der Waals surface area contributed by atoms with Crippen molar-refractivity contribution in [1.29, 1.82) is 0 Å². The molecule has 1 aromatic carbocycles. The number of non-ortho nitro benzene ring substituents is 1. The van der Waals surface area contributed by atoms with Gasteiger partial charge in [-0.1, -0.05) is 11.6 Å². The number of nitrogens with one attached hydrogen (secondary N) is 1.